The molecule has 1 saturated heterocycles. The van der Waals surface area contributed by atoms with Gasteiger partial charge in [0.1, 0.15) is 0 Å². The van der Waals surface area contributed by atoms with E-state index in [1.165, 1.54) is 0 Å². The van der Waals surface area contributed by atoms with Crippen molar-refractivity contribution in [3.8, 4) is 0 Å². The maximum atomic E-state index is 10.1. The molecule has 0 aromatic rings. The molecule has 0 spiro atoms. The molecule has 1 rings (SSSR count). The second-order valence-corrected chi connectivity index (χ2v) is 2.66. The van der Waals surface area contributed by atoms with Gasteiger partial charge in [-0.2, -0.15) is 5.06 Å². The molecule has 70 valence electrons. The fraction of sp³-hybridized carbons (Fsp3) is 0.857. The van der Waals surface area contributed by atoms with Crippen molar-refractivity contribution in [2.24, 2.45) is 0 Å². The molecule has 0 radical (unpaired) electrons. The van der Waals surface area contributed by atoms with Gasteiger partial charge in [0.25, 0.3) is 0 Å². The van der Waals surface area contributed by atoms with Crippen LogP contribution in [0.2, 0.25) is 0 Å². The fourth-order valence-corrected chi connectivity index (χ4v) is 1.09. The average Bonchev–Trinajstić information content (AvgIpc) is 2.50. The first-order valence-corrected chi connectivity index (χ1v) is 3.93. The smallest absolute Gasteiger partial charge is 0.207 e. The van der Waals surface area contributed by atoms with Crippen molar-refractivity contribution >= 4 is 6.41 Å². The van der Waals surface area contributed by atoms with E-state index >= 15 is 0 Å². The van der Waals surface area contributed by atoms with Crippen LogP contribution in [-0.2, 0) is 14.4 Å². The molecule has 5 nitrogen and oxygen atoms in total. The SMILES string of the molecule is COCCN1CC(NC=O)CO1. The Hall–Kier alpha value is -0.650. The van der Waals surface area contributed by atoms with Gasteiger partial charge in [-0.05, 0) is 0 Å². The summed E-state index contributed by atoms with van der Waals surface area (Å²) in [6, 6.07) is 0.124. The van der Waals surface area contributed by atoms with Crippen LogP contribution in [0.3, 0.4) is 0 Å². The van der Waals surface area contributed by atoms with Crippen LogP contribution in [0.25, 0.3) is 0 Å². The number of amides is 1. The van der Waals surface area contributed by atoms with Crippen LogP contribution in [0.5, 0.6) is 0 Å². The molecular formula is C7H14N2O3. The number of hydroxylamine groups is 2. The molecule has 0 saturated carbocycles. The average molecular weight is 174 g/mol. The highest BCUT2D eigenvalue weighted by Crippen LogP contribution is 2.03. The van der Waals surface area contributed by atoms with Gasteiger partial charge in [0, 0.05) is 20.2 Å². The van der Waals surface area contributed by atoms with Crippen molar-refractivity contribution in [3.05, 3.63) is 0 Å². The standard InChI is InChI=1S/C7H14N2O3/c1-11-3-2-9-4-7(5-12-9)8-6-10/h6-7H,2-5H2,1H3,(H,8,10). The first-order chi connectivity index (χ1) is 5.86. The topological polar surface area (TPSA) is 50.8 Å². The Morgan fingerprint density at radius 3 is 3.33 bits per heavy atom. The first-order valence-electron chi connectivity index (χ1n) is 3.93. The second kappa shape index (κ2) is 5.08. The largest absolute Gasteiger partial charge is 0.383 e. The molecule has 1 unspecified atom stereocenters. The predicted octanol–water partition coefficient (Wildman–Crippen LogP) is -1.01. The van der Waals surface area contributed by atoms with Gasteiger partial charge in [-0.3, -0.25) is 9.63 Å². The summed E-state index contributed by atoms with van der Waals surface area (Å²) >= 11 is 0. The van der Waals surface area contributed by atoms with Crippen molar-refractivity contribution < 1.29 is 14.4 Å². The number of hydrogen-bond acceptors (Lipinski definition) is 4. The minimum atomic E-state index is 0.124. The zero-order valence-electron chi connectivity index (χ0n) is 7.16. The number of rotatable bonds is 5. The van der Waals surface area contributed by atoms with Crippen LogP contribution in [-0.4, -0.2) is 50.9 Å². The molecule has 1 atom stereocenters. The van der Waals surface area contributed by atoms with Crippen molar-refractivity contribution in [1.29, 1.82) is 0 Å². The molecule has 1 heterocycles. The predicted molar refractivity (Wildman–Crippen MR) is 42.4 cm³/mol. The highest BCUT2D eigenvalue weighted by atomic mass is 16.7. The van der Waals surface area contributed by atoms with Crippen LogP contribution in [0.15, 0.2) is 0 Å². The van der Waals surface area contributed by atoms with Gasteiger partial charge in [0.2, 0.25) is 6.41 Å². The summed E-state index contributed by atoms with van der Waals surface area (Å²) in [6.45, 7) is 2.69. The quantitative estimate of drug-likeness (QED) is 0.543. The van der Waals surface area contributed by atoms with E-state index in [0.29, 0.717) is 19.6 Å². The third-order valence-corrected chi connectivity index (χ3v) is 1.73. The molecule has 1 N–H and O–H groups in total. The number of carbonyl (C=O) groups excluding carboxylic acids is 1. The molecular weight excluding hydrogens is 160 g/mol. The third-order valence-electron chi connectivity index (χ3n) is 1.73. The second-order valence-electron chi connectivity index (χ2n) is 2.66. The number of nitrogens with one attached hydrogen (secondary N) is 1. The lowest BCUT2D eigenvalue weighted by molar-refractivity contribution is -0.118. The summed E-state index contributed by atoms with van der Waals surface area (Å²) in [5.74, 6) is 0. The summed E-state index contributed by atoms with van der Waals surface area (Å²) in [6.07, 6.45) is 0.702. The van der Waals surface area contributed by atoms with E-state index in [1.807, 2.05) is 0 Å². The number of nitrogens with zero attached hydrogens (tertiary/aromatic N) is 1. The summed E-state index contributed by atoms with van der Waals surface area (Å²) in [5, 5.41) is 4.46. The van der Waals surface area contributed by atoms with Gasteiger partial charge in [0.15, 0.2) is 0 Å². The number of carbonyl (C=O) groups is 1. The molecule has 12 heavy (non-hydrogen) atoms. The Balaban J connectivity index is 2.12. The molecule has 1 amide bonds. The lowest BCUT2D eigenvalue weighted by Crippen LogP contribution is -2.33. The molecule has 1 fully saturated rings. The zero-order valence-corrected chi connectivity index (χ0v) is 7.16. The minimum absolute atomic E-state index is 0.124. The van der Waals surface area contributed by atoms with Crippen molar-refractivity contribution in [2.75, 3.05) is 33.4 Å². The monoisotopic (exact) mass is 174 g/mol. The number of hydrogen-bond donors (Lipinski definition) is 1. The van der Waals surface area contributed by atoms with Crippen molar-refractivity contribution in [3.63, 3.8) is 0 Å². The first kappa shape index (κ1) is 9.44. The Bertz CT molecular complexity index is 143. The van der Waals surface area contributed by atoms with Gasteiger partial charge in [-0.1, -0.05) is 0 Å². The molecule has 1 aliphatic rings. The summed E-state index contributed by atoms with van der Waals surface area (Å²) in [5.41, 5.74) is 0. The van der Waals surface area contributed by atoms with Crippen molar-refractivity contribution in [1.82, 2.24) is 10.4 Å². The molecule has 0 bridgehead atoms. The normalized spacial score (nSPS) is 24.2. The Morgan fingerprint density at radius 2 is 2.67 bits per heavy atom. The Kier molecular flexibility index (Phi) is 3.99. The van der Waals surface area contributed by atoms with E-state index in [4.69, 9.17) is 9.57 Å². The van der Waals surface area contributed by atoms with Gasteiger partial charge < -0.3 is 10.1 Å². The zero-order chi connectivity index (χ0) is 8.81. The summed E-state index contributed by atoms with van der Waals surface area (Å²) in [4.78, 5) is 15.3. The van der Waals surface area contributed by atoms with Crippen molar-refractivity contribution in [2.45, 2.75) is 6.04 Å². The van der Waals surface area contributed by atoms with Gasteiger partial charge >= 0.3 is 0 Å². The maximum Gasteiger partial charge on any atom is 0.207 e. The maximum absolute atomic E-state index is 10.1. The Morgan fingerprint density at radius 1 is 1.83 bits per heavy atom. The van der Waals surface area contributed by atoms with Gasteiger partial charge in [-0.15, -0.1) is 0 Å². The summed E-state index contributed by atoms with van der Waals surface area (Å²) < 4.78 is 4.89. The number of methoxy groups -OCH3 is 1. The van der Waals surface area contributed by atoms with Crippen LogP contribution >= 0.6 is 0 Å². The van der Waals surface area contributed by atoms with Gasteiger partial charge in [-0.25, -0.2) is 0 Å². The highest BCUT2D eigenvalue weighted by Gasteiger charge is 2.22. The molecule has 5 heteroatoms. The molecule has 0 aliphatic carbocycles. The van der Waals surface area contributed by atoms with Crippen LogP contribution in [0, 0.1) is 0 Å². The third kappa shape index (κ3) is 2.77. The van der Waals surface area contributed by atoms with E-state index < -0.39 is 0 Å². The fourth-order valence-electron chi connectivity index (χ4n) is 1.09. The van der Waals surface area contributed by atoms with Crippen LogP contribution < -0.4 is 5.32 Å². The van der Waals surface area contributed by atoms with Crippen LogP contribution in [0.4, 0.5) is 0 Å². The summed E-state index contributed by atoms with van der Waals surface area (Å²) in [7, 11) is 1.65. The molecule has 1 aliphatic heterocycles. The van der Waals surface area contributed by atoms with Gasteiger partial charge in [0.05, 0.1) is 19.3 Å². The highest BCUT2D eigenvalue weighted by molar-refractivity contribution is 5.46. The minimum Gasteiger partial charge on any atom is -0.383 e. The van der Waals surface area contributed by atoms with E-state index in [-0.39, 0.29) is 6.04 Å². The van der Waals surface area contributed by atoms with E-state index in [0.717, 1.165) is 13.1 Å². The van der Waals surface area contributed by atoms with E-state index in [2.05, 4.69) is 5.32 Å². The Labute approximate surface area is 71.6 Å². The lowest BCUT2D eigenvalue weighted by atomic mass is 10.3. The van der Waals surface area contributed by atoms with E-state index in [1.54, 1.807) is 12.2 Å². The number of ether oxygens (including phenoxy) is 1. The van der Waals surface area contributed by atoms with Crippen LogP contribution in [0.1, 0.15) is 0 Å². The molecule has 0 aromatic carbocycles. The molecule has 0 aromatic heterocycles. The van der Waals surface area contributed by atoms with E-state index in [9.17, 15) is 4.79 Å². The lowest BCUT2D eigenvalue weighted by Gasteiger charge is -2.12.